The number of carbonyl (C=O) groups is 1. The smallest absolute Gasteiger partial charge is 0.292 e. The van der Waals surface area contributed by atoms with E-state index in [0.29, 0.717) is 0 Å². The Morgan fingerprint density at radius 1 is 1.23 bits per heavy atom. The van der Waals surface area contributed by atoms with E-state index in [1.165, 1.54) is 23.9 Å². The normalized spacial score (nSPS) is 10.0. The Morgan fingerprint density at radius 2 is 1.91 bits per heavy atom. The van der Waals surface area contributed by atoms with Crippen molar-refractivity contribution in [1.82, 2.24) is 0 Å². The predicted molar refractivity (Wildman–Crippen MR) is 85.4 cm³/mol. The Bertz CT molecular complexity index is 673. The van der Waals surface area contributed by atoms with Gasteiger partial charge in [-0.25, -0.2) is 0 Å². The number of nitrogens with one attached hydrogen (secondary N) is 1. The molecule has 0 unspecified atom stereocenters. The van der Waals surface area contributed by atoms with Crippen LogP contribution in [0.4, 0.5) is 11.4 Å². The second kappa shape index (κ2) is 7.46. The van der Waals surface area contributed by atoms with Gasteiger partial charge in [0.2, 0.25) is 5.91 Å². The van der Waals surface area contributed by atoms with Crippen LogP contribution < -0.4 is 10.1 Å². The summed E-state index contributed by atoms with van der Waals surface area (Å²) in [5.74, 6) is 0.613. The summed E-state index contributed by atoms with van der Waals surface area (Å²) in [7, 11) is 1.59. The van der Waals surface area contributed by atoms with Crippen LogP contribution in [0.15, 0.2) is 53.4 Å². The molecular formula is C15H14N2O4S. The number of para-hydroxylation sites is 2. The van der Waals surface area contributed by atoms with E-state index in [0.717, 1.165) is 10.6 Å². The lowest BCUT2D eigenvalue weighted by atomic mass is 10.2. The highest BCUT2D eigenvalue weighted by Gasteiger charge is 2.14. The van der Waals surface area contributed by atoms with Gasteiger partial charge in [-0.05, 0) is 30.3 Å². The number of amides is 1. The fraction of sp³-hybridized carbons (Fsp3) is 0.133. The third-order valence-corrected chi connectivity index (χ3v) is 3.82. The molecule has 2 rings (SSSR count). The Morgan fingerprint density at radius 3 is 2.55 bits per heavy atom. The summed E-state index contributed by atoms with van der Waals surface area (Å²) >= 11 is 1.34. The van der Waals surface area contributed by atoms with E-state index >= 15 is 0 Å². The number of nitrogens with zero attached hydrogens (tertiary/aromatic N) is 1. The molecule has 0 bridgehead atoms. The number of nitro benzene ring substituents is 1. The van der Waals surface area contributed by atoms with Gasteiger partial charge >= 0.3 is 0 Å². The predicted octanol–water partition coefficient (Wildman–Crippen LogP) is 3.33. The highest BCUT2D eigenvalue weighted by atomic mass is 32.2. The minimum atomic E-state index is -0.522. The molecular weight excluding hydrogens is 304 g/mol. The number of thioether (sulfide) groups is 1. The van der Waals surface area contributed by atoms with Gasteiger partial charge in [-0.2, -0.15) is 0 Å². The highest BCUT2D eigenvalue weighted by Crippen LogP contribution is 2.25. The first kappa shape index (κ1) is 15.8. The maximum Gasteiger partial charge on any atom is 0.292 e. The molecule has 1 N–H and O–H groups in total. The molecule has 0 atom stereocenters. The van der Waals surface area contributed by atoms with Crippen molar-refractivity contribution >= 4 is 29.0 Å². The number of hydrogen-bond donors (Lipinski definition) is 1. The Balaban J connectivity index is 1.94. The van der Waals surface area contributed by atoms with Crippen LogP contribution in [-0.4, -0.2) is 23.7 Å². The zero-order valence-corrected chi connectivity index (χ0v) is 12.6. The van der Waals surface area contributed by atoms with Crippen LogP contribution >= 0.6 is 11.8 Å². The first-order valence-corrected chi connectivity index (χ1v) is 7.39. The molecule has 0 aliphatic rings. The Hall–Kier alpha value is -2.54. The summed E-state index contributed by atoms with van der Waals surface area (Å²) in [4.78, 5) is 23.2. The van der Waals surface area contributed by atoms with Gasteiger partial charge in [-0.3, -0.25) is 14.9 Å². The van der Waals surface area contributed by atoms with E-state index in [-0.39, 0.29) is 23.0 Å². The van der Waals surface area contributed by atoms with Gasteiger partial charge in [0, 0.05) is 11.0 Å². The lowest BCUT2D eigenvalue weighted by Gasteiger charge is -2.06. The van der Waals surface area contributed by atoms with Crippen LogP contribution in [-0.2, 0) is 4.79 Å². The van der Waals surface area contributed by atoms with Crippen LogP contribution in [0.5, 0.6) is 5.75 Å². The number of nitro groups is 1. The molecule has 0 fully saturated rings. The number of hydrogen-bond acceptors (Lipinski definition) is 5. The summed E-state index contributed by atoms with van der Waals surface area (Å²) in [6, 6.07) is 13.4. The van der Waals surface area contributed by atoms with Gasteiger partial charge in [-0.15, -0.1) is 11.8 Å². The quantitative estimate of drug-likeness (QED) is 0.502. The number of carbonyl (C=O) groups excluding carboxylic acids is 1. The molecule has 0 aromatic heterocycles. The standard InChI is InChI=1S/C15H14N2O4S/c1-21-11-6-8-12(9-7-11)22-10-15(18)16-13-4-2-3-5-14(13)17(19)20/h2-9H,10H2,1H3,(H,16,18). The average Bonchev–Trinajstić information content (AvgIpc) is 2.53. The van der Waals surface area contributed by atoms with Crippen LogP contribution in [0.3, 0.4) is 0 Å². The van der Waals surface area contributed by atoms with Crippen molar-refractivity contribution in [3.63, 3.8) is 0 Å². The molecule has 114 valence electrons. The van der Waals surface area contributed by atoms with Crippen molar-refractivity contribution in [2.75, 3.05) is 18.2 Å². The highest BCUT2D eigenvalue weighted by molar-refractivity contribution is 8.00. The molecule has 2 aromatic rings. The van der Waals surface area contributed by atoms with E-state index in [4.69, 9.17) is 4.74 Å². The second-order valence-electron chi connectivity index (χ2n) is 4.29. The van der Waals surface area contributed by atoms with E-state index < -0.39 is 4.92 Å². The first-order chi connectivity index (χ1) is 10.6. The molecule has 0 saturated carbocycles. The van der Waals surface area contributed by atoms with Crippen molar-refractivity contribution in [2.24, 2.45) is 0 Å². The van der Waals surface area contributed by atoms with Gasteiger partial charge in [0.05, 0.1) is 17.8 Å². The van der Waals surface area contributed by atoms with E-state index in [2.05, 4.69) is 5.32 Å². The van der Waals surface area contributed by atoms with E-state index in [1.807, 2.05) is 24.3 Å². The number of anilines is 1. The topological polar surface area (TPSA) is 81.5 Å². The number of ether oxygens (including phenoxy) is 1. The molecule has 1 amide bonds. The molecule has 0 spiro atoms. The molecule has 22 heavy (non-hydrogen) atoms. The largest absolute Gasteiger partial charge is 0.497 e. The average molecular weight is 318 g/mol. The van der Waals surface area contributed by atoms with Crippen LogP contribution in [0, 0.1) is 10.1 Å². The molecule has 2 aromatic carbocycles. The van der Waals surface area contributed by atoms with Crippen LogP contribution in [0.25, 0.3) is 0 Å². The van der Waals surface area contributed by atoms with Gasteiger partial charge in [0.25, 0.3) is 5.69 Å². The molecule has 0 radical (unpaired) electrons. The third-order valence-electron chi connectivity index (χ3n) is 2.80. The maximum absolute atomic E-state index is 11.9. The summed E-state index contributed by atoms with van der Waals surface area (Å²) in [5, 5.41) is 13.4. The first-order valence-electron chi connectivity index (χ1n) is 6.40. The molecule has 7 heteroatoms. The fourth-order valence-electron chi connectivity index (χ4n) is 1.75. The lowest BCUT2D eigenvalue weighted by Crippen LogP contribution is -2.15. The summed E-state index contributed by atoms with van der Waals surface area (Å²) in [5.41, 5.74) is 0.0816. The van der Waals surface area contributed by atoms with Gasteiger partial charge in [0.1, 0.15) is 11.4 Å². The van der Waals surface area contributed by atoms with Crippen LogP contribution in [0.2, 0.25) is 0 Å². The lowest BCUT2D eigenvalue weighted by molar-refractivity contribution is -0.383. The number of rotatable bonds is 6. The van der Waals surface area contributed by atoms with Crippen molar-refractivity contribution < 1.29 is 14.5 Å². The third kappa shape index (κ3) is 4.23. The van der Waals surface area contributed by atoms with Gasteiger partial charge in [0.15, 0.2) is 0 Å². The molecule has 0 aliphatic heterocycles. The van der Waals surface area contributed by atoms with Crippen molar-refractivity contribution in [2.45, 2.75) is 4.90 Å². The van der Waals surface area contributed by atoms with Gasteiger partial charge < -0.3 is 10.1 Å². The summed E-state index contributed by atoms with van der Waals surface area (Å²) in [6.45, 7) is 0. The number of methoxy groups -OCH3 is 1. The molecule has 0 saturated heterocycles. The fourth-order valence-corrected chi connectivity index (χ4v) is 2.44. The van der Waals surface area contributed by atoms with Crippen molar-refractivity contribution in [1.29, 1.82) is 0 Å². The van der Waals surface area contributed by atoms with E-state index in [1.54, 1.807) is 19.2 Å². The summed E-state index contributed by atoms with van der Waals surface area (Å²) in [6.07, 6.45) is 0. The van der Waals surface area contributed by atoms with Gasteiger partial charge in [-0.1, -0.05) is 12.1 Å². The molecule has 6 nitrogen and oxygen atoms in total. The van der Waals surface area contributed by atoms with E-state index in [9.17, 15) is 14.9 Å². The Kier molecular flexibility index (Phi) is 5.37. The molecule has 0 aliphatic carbocycles. The minimum Gasteiger partial charge on any atom is -0.497 e. The zero-order valence-electron chi connectivity index (χ0n) is 11.8. The molecule has 0 heterocycles. The monoisotopic (exact) mass is 318 g/mol. The van der Waals surface area contributed by atoms with Crippen molar-refractivity contribution in [3.05, 3.63) is 58.6 Å². The van der Waals surface area contributed by atoms with Crippen LogP contribution in [0.1, 0.15) is 0 Å². The Labute approximate surface area is 131 Å². The second-order valence-corrected chi connectivity index (χ2v) is 5.34. The minimum absolute atomic E-state index is 0.120. The SMILES string of the molecule is COc1ccc(SCC(=O)Nc2ccccc2[N+](=O)[O-])cc1. The zero-order chi connectivity index (χ0) is 15.9. The van der Waals surface area contributed by atoms with Crippen molar-refractivity contribution in [3.8, 4) is 5.75 Å². The summed E-state index contributed by atoms with van der Waals surface area (Å²) < 4.78 is 5.06. The maximum atomic E-state index is 11.9. The number of benzene rings is 2.